The number of hydrogen-bond acceptors (Lipinski definition) is 3. The molecule has 5 nitrogen and oxygen atoms in total. The normalized spacial score (nSPS) is 13.6. The van der Waals surface area contributed by atoms with Gasteiger partial charge in [0.2, 0.25) is 15.9 Å². The van der Waals surface area contributed by atoms with E-state index in [1.165, 1.54) is 9.87 Å². The molecule has 2 aromatic carbocycles. The van der Waals surface area contributed by atoms with E-state index >= 15 is 0 Å². The molecule has 0 unspecified atom stereocenters. The van der Waals surface area contributed by atoms with E-state index in [1.807, 2.05) is 51.1 Å². The first-order valence-electron chi connectivity index (χ1n) is 9.62. The summed E-state index contributed by atoms with van der Waals surface area (Å²) in [5, 5.41) is 2.98. The standard InChI is InChI=1S/C22H30N2O3S/c1-6-18-11-13-19(14-12-18)17(4)23-22(25)21(7-2)24(28(5,26)27)20-10-8-9-16(3)15-20/h8-15,17,21H,6-7H2,1-5H3,(H,23,25)/t17-,21-/m1/s1. The lowest BCUT2D eigenvalue weighted by atomic mass is 10.0. The Morgan fingerprint density at radius 3 is 2.25 bits per heavy atom. The third kappa shape index (κ3) is 5.35. The van der Waals surface area contributed by atoms with Crippen LogP contribution in [0.2, 0.25) is 0 Å². The molecule has 0 aliphatic heterocycles. The molecule has 1 amide bonds. The van der Waals surface area contributed by atoms with Crippen molar-refractivity contribution in [2.45, 2.75) is 52.6 Å². The number of anilines is 1. The molecule has 0 heterocycles. The second kappa shape index (κ2) is 9.24. The van der Waals surface area contributed by atoms with Gasteiger partial charge in [-0.05, 0) is 55.5 Å². The van der Waals surface area contributed by atoms with Crippen LogP contribution >= 0.6 is 0 Å². The Morgan fingerprint density at radius 1 is 1.11 bits per heavy atom. The fourth-order valence-electron chi connectivity index (χ4n) is 3.26. The number of carbonyl (C=O) groups is 1. The molecule has 28 heavy (non-hydrogen) atoms. The molecule has 0 aliphatic rings. The Labute approximate surface area is 168 Å². The van der Waals surface area contributed by atoms with Gasteiger partial charge in [0.1, 0.15) is 6.04 Å². The summed E-state index contributed by atoms with van der Waals surface area (Å²) in [7, 11) is -3.63. The van der Waals surface area contributed by atoms with Crippen molar-refractivity contribution in [3.63, 3.8) is 0 Å². The van der Waals surface area contributed by atoms with Gasteiger partial charge >= 0.3 is 0 Å². The van der Waals surface area contributed by atoms with Gasteiger partial charge in [0.15, 0.2) is 0 Å². The van der Waals surface area contributed by atoms with Gasteiger partial charge in [0, 0.05) is 0 Å². The molecule has 0 spiro atoms. The molecular weight excluding hydrogens is 372 g/mol. The number of carbonyl (C=O) groups excluding carboxylic acids is 1. The van der Waals surface area contributed by atoms with E-state index in [4.69, 9.17) is 0 Å². The topological polar surface area (TPSA) is 66.5 Å². The summed E-state index contributed by atoms with van der Waals surface area (Å²) in [6, 6.07) is 14.3. The lowest BCUT2D eigenvalue weighted by Crippen LogP contribution is -2.49. The number of nitrogens with zero attached hydrogens (tertiary/aromatic N) is 1. The van der Waals surface area contributed by atoms with Crippen molar-refractivity contribution in [1.82, 2.24) is 5.32 Å². The third-order valence-corrected chi connectivity index (χ3v) is 6.01. The van der Waals surface area contributed by atoms with Gasteiger partial charge < -0.3 is 5.32 Å². The van der Waals surface area contributed by atoms with E-state index in [2.05, 4.69) is 12.2 Å². The summed E-state index contributed by atoms with van der Waals surface area (Å²) in [4.78, 5) is 13.0. The summed E-state index contributed by atoms with van der Waals surface area (Å²) in [5.74, 6) is -0.304. The third-order valence-electron chi connectivity index (χ3n) is 4.83. The fraction of sp³-hybridized carbons (Fsp3) is 0.409. The summed E-state index contributed by atoms with van der Waals surface area (Å²) in [6.07, 6.45) is 2.46. The lowest BCUT2D eigenvalue weighted by Gasteiger charge is -2.31. The van der Waals surface area contributed by atoms with E-state index in [-0.39, 0.29) is 11.9 Å². The second-order valence-electron chi connectivity index (χ2n) is 7.15. The second-order valence-corrected chi connectivity index (χ2v) is 9.01. The highest BCUT2D eigenvalue weighted by Gasteiger charge is 2.32. The maximum atomic E-state index is 13.0. The molecule has 0 saturated carbocycles. The maximum Gasteiger partial charge on any atom is 0.244 e. The Bertz CT molecular complexity index is 908. The van der Waals surface area contributed by atoms with Gasteiger partial charge in [-0.25, -0.2) is 8.42 Å². The molecule has 1 N–H and O–H groups in total. The first-order valence-corrected chi connectivity index (χ1v) is 11.5. The van der Waals surface area contributed by atoms with Gasteiger partial charge in [-0.3, -0.25) is 9.10 Å². The molecule has 152 valence electrons. The minimum atomic E-state index is -3.63. The maximum absolute atomic E-state index is 13.0. The summed E-state index contributed by atoms with van der Waals surface area (Å²) < 4.78 is 26.3. The van der Waals surface area contributed by atoms with Gasteiger partial charge in [-0.15, -0.1) is 0 Å². The monoisotopic (exact) mass is 402 g/mol. The zero-order chi connectivity index (χ0) is 20.9. The van der Waals surface area contributed by atoms with Crippen LogP contribution in [0.4, 0.5) is 5.69 Å². The van der Waals surface area contributed by atoms with Crippen molar-refractivity contribution in [3.8, 4) is 0 Å². The van der Waals surface area contributed by atoms with Crippen LogP contribution in [-0.4, -0.2) is 26.6 Å². The van der Waals surface area contributed by atoms with E-state index in [1.54, 1.807) is 18.2 Å². The number of amides is 1. The number of rotatable bonds is 8. The molecule has 2 aromatic rings. The number of aryl methyl sites for hydroxylation is 2. The van der Waals surface area contributed by atoms with Gasteiger partial charge in [0.05, 0.1) is 18.0 Å². The minimum Gasteiger partial charge on any atom is -0.348 e. The van der Waals surface area contributed by atoms with E-state index in [0.717, 1.165) is 23.8 Å². The Balaban J connectivity index is 2.28. The van der Waals surface area contributed by atoms with Crippen LogP contribution in [0.1, 0.15) is 49.9 Å². The number of sulfonamides is 1. The van der Waals surface area contributed by atoms with Crippen molar-refractivity contribution < 1.29 is 13.2 Å². The van der Waals surface area contributed by atoms with Crippen LogP contribution in [0, 0.1) is 6.92 Å². The van der Waals surface area contributed by atoms with Crippen molar-refractivity contribution in [1.29, 1.82) is 0 Å². The van der Waals surface area contributed by atoms with Crippen LogP contribution in [0.25, 0.3) is 0 Å². The summed E-state index contributed by atoms with van der Waals surface area (Å²) >= 11 is 0. The van der Waals surface area contributed by atoms with Gasteiger partial charge in [0.25, 0.3) is 0 Å². The van der Waals surface area contributed by atoms with E-state index in [0.29, 0.717) is 12.1 Å². The first kappa shape index (κ1) is 22.0. The van der Waals surface area contributed by atoms with Crippen LogP contribution in [0.15, 0.2) is 48.5 Å². The van der Waals surface area contributed by atoms with Crippen molar-refractivity contribution in [2.75, 3.05) is 10.6 Å². The predicted octanol–water partition coefficient (Wildman–Crippen LogP) is 3.98. The Hall–Kier alpha value is -2.34. The zero-order valence-corrected chi connectivity index (χ0v) is 18.1. The fourth-order valence-corrected chi connectivity index (χ4v) is 4.46. The van der Waals surface area contributed by atoms with E-state index < -0.39 is 16.1 Å². The first-order chi connectivity index (χ1) is 13.2. The van der Waals surface area contributed by atoms with Crippen LogP contribution in [0.3, 0.4) is 0 Å². The molecule has 2 rings (SSSR count). The zero-order valence-electron chi connectivity index (χ0n) is 17.3. The molecule has 0 fully saturated rings. The molecule has 0 aromatic heterocycles. The average Bonchev–Trinajstić information content (AvgIpc) is 2.64. The molecule has 0 aliphatic carbocycles. The summed E-state index contributed by atoms with van der Waals surface area (Å²) in [5.41, 5.74) is 3.66. The van der Waals surface area contributed by atoms with Crippen LogP contribution in [0.5, 0.6) is 0 Å². The lowest BCUT2D eigenvalue weighted by molar-refractivity contribution is -0.122. The Kier molecular flexibility index (Phi) is 7.24. The SMILES string of the molecule is CCc1ccc([C@@H](C)NC(=O)[C@@H](CC)N(c2cccc(C)c2)S(C)(=O)=O)cc1. The van der Waals surface area contributed by atoms with Gasteiger partial charge in [-0.2, -0.15) is 0 Å². The molecule has 0 saturated heterocycles. The number of nitrogens with one attached hydrogen (secondary N) is 1. The highest BCUT2D eigenvalue weighted by Crippen LogP contribution is 2.24. The number of benzene rings is 2. The molecule has 2 atom stereocenters. The average molecular weight is 403 g/mol. The molecule has 0 bridgehead atoms. The van der Waals surface area contributed by atoms with Crippen LogP contribution in [-0.2, 0) is 21.2 Å². The molecular formula is C22H30N2O3S. The van der Waals surface area contributed by atoms with E-state index in [9.17, 15) is 13.2 Å². The highest BCUT2D eigenvalue weighted by molar-refractivity contribution is 7.92. The quantitative estimate of drug-likeness (QED) is 0.726. The number of hydrogen-bond donors (Lipinski definition) is 1. The smallest absolute Gasteiger partial charge is 0.244 e. The van der Waals surface area contributed by atoms with Crippen LogP contribution < -0.4 is 9.62 Å². The van der Waals surface area contributed by atoms with Crippen molar-refractivity contribution in [2.24, 2.45) is 0 Å². The van der Waals surface area contributed by atoms with Gasteiger partial charge in [-0.1, -0.05) is 50.2 Å². The molecule has 6 heteroatoms. The largest absolute Gasteiger partial charge is 0.348 e. The molecule has 0 radical (unpaired) electrons. The van der Waals surface area contributed by atoms with Crippen molar-refractivity contribution >= 4 is 21.6 Å². The minimum absolute atomic E-state index is 0.216. The predicted molar refractivity (Wildman–Crippen MR) is 115 cm³/mol. The highest BCUT2D eigenvalue weighted by atomic mass is 32.2. The van der Waals surface area contributed by atoms with Crippen molar-refractivity contribution in [3.05, 3.63) is 65.2 Å². The Morgan fingerprint density at radius 2 is 1.75 bits per heavy atom. The summed E-state index contributed by atoms with van der Waals surface area (Å²) in [6.45, 7) is 7.71.